The summed E-state index contributed by atoms with van der Waals surface area (Å²) in [6.07, 6.45) is 3.67. The normalized spacial score (nSPS) is 13.0. The maximum Gasteiger partial charge on any atom is 0.213 e. The molecule has 0 radical (unpaired) electrons. The van der Waals surface area contributed by atoms with E-state index in [1.54, 1.807) is 17.1 Å². The van der Waals surface area contributed by atoms with E-state index < -0.39 is 10.0 Å². The van der Waals surface area contributed by atoms with Crippen LogP contribution in [-0.4, -0.2) is 52.5 Å². The Balaban J connectivity index is 1.99. The van der Waals surface area contributed by atoms with Crippen LogP contribution in [0.4, 0.5) is 0 Å². The van der Waals surface area contributed by atoms with Gasteiger partial charge < -0.3 is 4.42 Å². The maximum absolute atomic E-state index is 11.7. The van der Waals surface area contributed by atoms with Gasteiger partial charge in [0.2, 0.25) is 10.0 Å². The Kier molecular flexibility index (Phi) is 4.90. The predicted molar refractivity (Wildman–Crippen MR) is 85.5 cm³/mol. The molecule has 8 nitrogen and oxygen atoms in total. The topological polar surface area (TPSA) is 94.1 Å². The molecule has 0 aliphatic carbocycles. The Morgan fingerprint density at radius 3 is 2.52 bits per heavy atom. The Bertz CT molecular complexity index is 755. The Morgan fingerprint density at radius 2 is 1.96 bits per heavy atom. The first-order chi connectivity index (χ1) is 10.6. The van der Waals surface area contributed by atoms with Gasteiger partial charge in [-0.2, -0.15) is 0 Å². The third kappa shape index (κ3) is 4.61. The Hall–Kier alpha value is -1.74. The molecule has 0 saturated heterocycles. The summed E-state index contributed by atoms with van der Waals surface area (Å²) in [4.78, 5) is 4.44. The fraction of sp³-hybridized carbons (Fsp3) is 0.643. The van der Waals surface area contributed by atoms with Crippen LogP contribution in [0.15, 0.2) is 16.9 Å². The zero-order chi connectivity index (χ0) is 17.3. The highest BCUT2D eigenvalue weighted by Gasteiger charge is 2.20. The number of aryl methyl sites for hydroxylation is 1. The van der Waals surface area contributed by atoms with Crippen LogP contribution in [0.3, 0.4) is 0 Å². The summed E-state index contributed by atoms with van der Waals surface area (Å²) >= 11 is 0. The van der Waals surface area contributed by atoms with E-state index in [0.29, 0.717) is 24.6 Å². The van der Waals surface area contributed by atoms with E-state index in [4.69, 9.17) is 4.42 Å². The van der Waals surface area contributed by atoms with Gasteiger partial charge in [0.15, 0.2) is 5.89 Å². The van der Waals surface area contributed by atoms with Crippen molar-refractivity contribution in [2.75, 3.05) is 19.8 Å². The predicted octanol–water partition coefficient (Wildman–Crippen LogP) is 1.05. The van der Waals surface area contributed by atoms with Gasteiger partial charge in [0, 0.05) is 32.1 Å². The summed E-state index contributed by atoms with van der Waals surface area (Å²) in [6, 6.07) is 0. The van der Waals surface area contributed by atoms with Crippen molar-refractivity contribution in [1.82, 2.24) is 24.3 Å². The number of hydrogen-bond acceptors (Lipinski definition) is 6. The van der Waals surface area contributed by atoms with Gasteiger partial charge in [-0.05, 0) is 0 Å². The first kappa shape index (κ1) is 17.6. The van der Waals surface area contributed by atoms with Gasteiger partial charge in [-0.15, -0.1) is 5.10 Å². The molecule has 128 valence electrons. The summed E-state index contributed by atoms with van der Waals surface area (Å²) in [5.41, 5.74) is 1.24. The van der Waals surface area contributed by atoms with Gasteiger partial charge in [-0.25, -0.2) is 22.4 Å². The molecule has 2 rings (SSSR count). The average molecular weight is 341 g/mol. The van der Waals surface area contributed by atoms with Crippen LogP contribution in [0.25, 0.3) is 0 Å². The van der Waals surface area contributed by atoms with E-state index in [1.165, 1.54) is 18.4 Å². The average Bonchev–Trinajstić information content (AvgIpc) is 3.05. The molecule has 0 aliphatic rings. The zero-order valence-corrected chi connectivity index (χ0v) is 15.0. The largest absolute Gasteiger partial charge is 0.448 e. The summed E-state index contributed by atoms with van der Waals surface area (Å²) < 4.78 is 31.8. The second-order valence-electron chi connectivity index (χ2n) is 6.65. The van der Waals surface area contributed by atoms with E-state index in [9.17, 15) is 8.42 Å². The molecule has 0 unspecified atom stereocenters. The van der Waals surface area contributed by atoms with Crippen molar-refractivity contribution < 1.29 is 12.8 Å². The molecule has 0 spiro atoms. The highest BCUT2D eigenvalue weighted by atomic mass is 32.2. The SMILES string of the molecule is CN(C)S(=O)(=O)CCc1cn(Cc2coc(C(C)(C)C)n2)nn1. The minimum atomic E-state index is -3.23. The minimum absolute atomic E-state index is 0.0107. The molecule has 2 aromatic heterocycles. The van der Waals surface area contributed by atoms with Crippen molar-refractivity contribution in [2.24, 2.45) is 0 Å². The van der Waals surface area contributed by atoms with Crippen LogP contribution in [0.2, 0.25) is 0 Å². The second kappa shape index (κ2) is 6.40. The lowest BCUT2D eigenvalue weighted by Crippen LogP contribution is -2.26. The van der Waals surface area contributed by atoms with E-state index in [1.807, 2.05) is 20.8 Å². The van der Waals surface area contributed by atoms with Crippen molar-refractivity contribution in [1.29, 1.82) is 0 Å². The van der Waals surface area contributed by atoms with Gasteiger partial charge in [-0.3, -0.25) is 0 Å². The quantitative estimate of drug-likeness (QED) is 0.779. The van der Waals surface area contributed by atoms with Crippen molar-refractivity contribution >= 4 is 10.0 Å². The molecule has 23 heavy (non-hydrogen) atoms. The van der Waals surface area contributed by atoms with Gasteiger partial charge in [0.25, 0.3) is 0 Å². The van der Waals surface area contributed by atoms with E-state index in [2.05, 4.69) is 15.3 Å². The van der Waals surface area contributed by atoms with Crippen LogP contribution in [0, 0.1) is 0 Å². The molecule has 0 amide bonds. The van der Waals surface area contributed by atoms with Crippen molar-refractivity contribution in [3.8, 4) is 0 Å². The van der Waals surface area contributed by atoms with E-state index in [-0.39, 0.29) is 11.2 Å². The first-order valence-electron chi connectivity index (χ1n) is 7.32. The lowest BCUT2D eigenvalue weighted by Gasteiger charge is -2.11. The van der Waals surface area contributed by atoms with Crippen LogP contribution >= 0.6 is 0 Å². The molecule has 2 heterocycles. The fourth-order valence-electron chi connectivity index (χ4n) is 1.84. The third-order valence-corrected chi connectivity index (χ3v) is 5.11. The van der Waals surface area contributed by atoms with Crippen molar-refractivity contribution in [2.45, 2.75) is 39.2 Å². The van der Waals surface area contributed by atoms with Gasteiger partial charge in [-0.1, -0.05) is 26.0 Å². The molecule has 0 saturated carbocycles. The summed E-state index contributed by atoms with van der Waals surface area (Å²) in [5, 5.41) is 8.01. The molecular weight excluding hydrogens is 318 g/mol. The lowest BCUT2D eigenvalue weighted by atomic mass is 9.97. The Labute approximate surface area is 136 Å². The smallest absolute Gasteiger partial charge is 0.213 e. The zero-order valence-electron chi connectivity index (χ0n) is 14.1. The van der Waals surface area contributed by atoms with Gasteiger partial charge in [0.1, 0.15) is 12.0 Å². The molecule has 9 heteroatoms. The molecule has 0 atom stereocenters. The van der Waals surface area contributed by atoms with Crippen LogP contribution in [-0.2, 0) is 28.4 Å². The molecule has 0 N–H and O–H groups in total. The molecule has 0 bridgehead atoms. The fourth-order valence-corrected chi connectivity index (χ4v) is 2.67. The minimum Gasteiger partial charge on any atom is -0.448 e. The van der Waals surface area contributed by atoms with E-state index >= 15 is 0 Å². The lowest BCUT2D eigenvalue weighted by molar-refractivity contribution is 0.392. The molecular formula is C14H23N5O3S. The van der Waals surface area contributed by atoms with Crippen molar-refractivity contribution in [3.05, 3.63) is 29.7 Å². The monoisotopic (exact) mass is 341 g/mol. The second-order valence-corrected chi connectivity index (χ2v) is 8.95. The molecule has 0 aromatic carbocycles. The third-order valence-electron chi connectivity index (χ3n) is 3.28. The standard InChI is InChI=1S/C14H23N5O3S/c1-14(2,3)13-15-12(10-22-13)9-19-8-11(16-17-19)6-7-23(20,21)18(4)5/h8,10H,6-7,9H2,1-5H3. The Morgan fingerprint density at radius 1 is 1.26 bits per heavy atom. The number of nitrogens with zero attached hydrogens (tertiary/aromatic N) is 5. The number of aromatic nitrogens is 4. The summed E-state index contributed by atoms with van der Waals surface area (Å²) in [7, 11) is -0.195. The number of sulfonamides is 1. The highest BCUT2D eigenvalue weighted by molar-refractivity contribution is 7.89. The van der Waals surface area contributed by atoms with Gasteiger partial charge in [0.05, 0.1) is 18.0 Å². The highest BCUT2D eigenvalue weighted by Crippen LogP contribution is 2.21. The van der Waals surface area contributed by atoms with E-state index in [0.717, 1.165) is 5.69 Å². The molecule has 0 aliphatic heterocycles. The summed E-state index contributed by atoms with van der Waals surface area (Å²) in [6.45, 7) is 6.52. The molecule has 0 fully saturated rings. The molecule has 2 aromatic rings. The van der Waals surface area contributed by atoms with Crippen molar-refractivity contribution in [3.63, 3.8) is 0 Å². The number of hydrogen-bond donors (Lipinski definition) is 0. The van der Waals surface area contributed by atoms with Crippen LogP contribution in [0.1, 0.15) is 38.0 Å². The summed E-state index contributed by atoms with van der Waals surface area (Å²) in [5.74, 6) is 0.682. The van der Waals surface area contributed by atoms with Crippen LogP contribution in [0.5, 0.6) is 0 Å². The van der Waals surface area contributed by atoms with Gasteiger partial charge >= 0.3 is 0 Å². The van der Waals surface area contributed by atoms with Crippen LogP contribution < -0.4 is 0 Å². The first-order valence-corrected chi connectivity index (χ1v) is 8.93. The number of oxazole rings is 1. The maximum atomic E-state index is 11.7. The number of rotatable bonds is 6.